The molecule has 0 heterocycles. The molecule has 0 aromatic carbocycles. The minimum Gasteiger partial charge on any atom is -0.226 e. The standard InChI is InChI=1S/C8H9Br2F5/c9-6(11,5-3-1-2-4-5)7(10,12)8(13,14)15/h5H,1-4H2. The van der Waals surface area contributed by atoms with Crippen molar-refractivity contribution in [1.29, 1.82) is 0 Å². The summed E-state index contributed by atoms with van der Waals surface area (Å²) in [6.45, 7) is 0. The van der Waals surface area contributed by atoms with E-state index < -0.39 is 21.3 Å². The zero-order valence-electron chi connectivity index (χ0n) is 7.55. The van der Waals surface area contributed by atoms with Crippen LogP contribution in [0, 0.1) is 5.92 Å². The lowest BCUT2D eigenvalue weighted by molar-refractivity contribution is -0.219. The molecule has 0 saturated heterocycles. The van der Waals surface area contributed by atoms with Crippen LogP contribution in [0.4, 0.5) is 22.0 Å². The lowest BCUT2D eigenvalue weighted by atomic mass is 9.98. The monoisotopic (exact) mass is 358 g/mol. The maximum absolute atomic E-state index is 13.8. The van der Waals surface area contributed by atoms with Crippen LogP contribution in [0.15, 0.2) is 0 Å². The summed E-state index contributed by atoms with van der Waals surface area (Å²) in [5, 5.41) is 0. The van der Waals surface area contributed by atoms with Crippen molar-refractivity contribution in [3.63, 3.8) is 0 Å². The SMILES string of the molecule is FC(F)(F)C(F)(Br)C(F)(Br)C1CCCC1. The largest absolute Gasteiger partial charge is 0.436 e. The molecule has 0 aliphatic heterocycles. The number of halogens is 7. The summed E-state index contributed by atoms with van der Waals surface area (Å²) in [7, 11) is 0. The normalized spacial score (nSPS) is 27.4. The topological polar surface area (TPSA) is 0 Å². The molecule has 1 rings (SSSR count). The van der Waals surface area contributed by atoms with E-state index in [1.54, 1.807) is 0 Å². The van der Waals surface area contributed by atoms with Gasteiger partial charge in [-0.05, 0) is 44.7 Å². The van der Waals surface area contributed by atoms with Gasteiger partial charge in [-0.25, -0.2) is 8.78 Å². The predicted molar refractivity (Wildman–Crippen MR) is 53.5 cm³/mol. The van der Waals surface area contributed by atoms with Crippen LogP contribution in [0.3, 0.4) is 0 Å². The summed E-state index contributed by atoms with van der Waals surface area (Å²) < 4.78 is 57.0. The van der Waals surface area contributed by atoms with Crippen LogP contribution in [0.2, 0.25) is 0 Å². The van der Waals surface area contributed by atoms with Crippen molar-refractivity contribution in [2.24, 2.45) is 5.92 Å². The third-order valence-electron chi connectivity index (χ3n) is 2.64. The molecular formula is C8H9Br2F5. The van der Waals surface area contributed by atoms with Gasteiger partial charge in [0.2, 0.25) is 4.58 Å². The quantitative estimate of drug-likeness (QED) is 0.488. The predicted octanol–water partition coefficient (Wildman–Crippen LogP) is 4.86. The Kier molecular flexibility index (Phi) is 3.76. The fourth-order valence-electron chi connectivity index (χ4n) is 1.73. The Morgan fingerprint density at radius 1 is 0.867 bits per heavy atom. The Balaban J connectivity index is 2.92. The molecule has 2 unspecified atom stereocenters. The number of alkyl halides is 7. The highest BCUT2D eigenvalue weighted by Gasteiger charge is 2.70. The fraction of sp³-hybridized carbons (Fsp3) is 1.00. The van der Waals surface area contributed by atoms with E-state index >= 15 is 0 Å². The number of hydrogen-bond donors (Lipinski definition) is 0. The first-order chi connectivity index (χ1) is 6.61. The first-order valence-electron chi connectivity index (χ1n) is 4.43. The molecule has 1 aliphatic rings. The molecule has 0 radical (unpaired) electrons. The van der Waals surface area contributed by atoms with Crippen molar-refractivity contribution < 1.29 is 22.0 Å². The molecule has 1 fully saturated rings. The van der Waals surface area contributed by atoms with E-state index in [1.165, 1.54) is 0 Å². The highest BCUT2D eigenvalue weighted by Crippen LogP contribution is 2.57. The van der Waals surface area contributed by atoms with E-state index in [0.717, 1.165) is 0 Å². The molecule has 7 heteroatoms. The van der Waals surface area contributed by atoms with Gasteiger partial charge in [-0.3, -0.25) is 0 Å². The Morgan fingerprint density at radius 3 is 1.60 bits per heavy atom. The Hall–Kier alpha value is 0.610. The third kappa shape index (κ3) is 2.33. The second kappa shape index (κ2) is 4.13. The van der Waals surface area contributed by atoms with Crippen molar-refractivity contribution in [3.8, 4) is 0 Å². The Morgan fingerprint density at radius 2 is 1.27 bits per heavy atom. The summed E-state index contributed by atoms with van der Waals surface area (Å²) in [4.78, 5) is 0. The summed E-state index contributed by atoms with van der Waals surface area (Å²) in [5.41, 5.74) is 0. The molecule has 0 bridgehead atoms. The van der Waals surface area contributed by atoms with Gasteiger partial charge in [-0.2, -0.15) is 13.2 Å². The highest BCUT2D eigenvalue weighted by molar-refractivity contribution is 9.12. The maximum Gasteiger partial charge on any atom is 0.436 e. The molecule has 0 aromatic rings. The van der Waals surface area contributed by atoms with E-state index in [4.69, 9.17) is 0 Å². The average molecular weight is 360 g/mol. The Labute approximate surface area is 101 Å². The zero-order valence-corrected chi connectivity index (χ0v) is 10.7. The van der Waals surface area contributed by atoms with Crippen LogP contribution in [0.25, 0.3) is 0 Å². The summed E-state index contributed by atoms with van der Waals surface area (Å²) >= 11 is 4.08. The van der Waals surface area contributed by atoms with Gasteiger partial charge in [-0.15, -0.1) is 0 Å². The molecule has 0 amide bonds. The first kappa shape index (κ1) is 13.7. The van der Waals surface area contributed by atoms with Crippen LogP contribution in [-0.4, -0.2) is 15.3 Å². The molecule has 90 valence electrons. The molecular weight excluding hydrogens is 351 g/mol. The van der Waals surface area contributed by atoms with Crippen LogP contribution < -0.4 is 0 Å². The number of hydrogen-bond acceptors (Lipinski definition) is 0. The van der Waals surface area contributed by atoms with Gasteiger partial charge >= 0.3 is 10.8 Å². The van der Waals surface area contributed by atoms with E-state index in [0.29, 0.717) is 12.8 Å². The average Bonchev–Trinajstić information content (AvgIpc) is 2.53. The molecule has 1 saturated carbocycles. The van der Waals surface area contributed by atoms with Gasteiger partial charge in [0.05, 0.1) is 0 Å². The van der Waals surface area contributed by atoms with Gasteiger partial charge in [-0.1, -0.05) is 12.8 Å². The van der Waals surface area contributed by atoms with E-state index in [9.17, 15) is 22.0 Å². The molecule has 0 N–H and O–H groups in total. The molecule has 2 atom stereocenters. The van der Waals surface area contributed by atoms with Gasteiger partial charge in [0, 0.05) is 5.92 Å². The van der Waals surface area contributed by atoms with Crippen LogP contribution in [0.5, 0.6) is 0 Å². The molecule has 0 spiro atoms. The van der Waals surface area contributed by atoms with Gasteiger partial charge < -0.3 is 0 Å². The highest BCUT2D eigenvalue weighted by atomic mass is 79.9. The van der Waals surface area contributed by atoms with Crippen LogP contribution >= 0.6 is 31.9 Å². The fourth-order valence-corrected chi connectivity index (χ4v) is 2.74. The van der Waals surface area contributed by atoms with Crippen molar-refractivity contribution >= 4 is 31.9 Å². The summed E-state index contributed by atoms with van der Waals surface area (Å²) in [6.07, 6.45) is -3.51. The van der Waals surface area contributed by atoms with Gasteiger partial charge in [0.15, 0.2) is 0 Å². The summed E-state index contributed by atoms with van der Waals surface area (Å²) in [6, 6.07) is 0. The Bertz CT molecular complexity index is 230. The lowest BCUT2D eigenvalue weighted by Gasteiger charge is -2.36. The molecule has 0 aromatic heterocycles. The van der Waals surface area contributed by atoms with Crippen molar-refractivity contribution in [2.75, 3.05) is 0 Å². The molecule has 15 heavy (non-hydrogen) atoms. The second-order valence-electron chi connectivity index (χ2n) is 3.68. The van der Waals surface area contributed by atoms with Crippen LogP contribution in [-0.2, 0) is 0 Å². The van der Waals surface area contributed by atoms with E-state index in [2.05, 4.69) is 15.9 Å². The minimum atomic E-state index is -5.28. The lowest BCUT2D eigenvalue weighted by Crippen LogP contribution is -2.52. The van der Waals surface area contributed by atoms with E-state index in [1.807, 2.05) is 15.9 Å². The van der Waals surface area contributed by atoms with Crippen molar-refractivity contribution in [1.82, 2.24) is 0 Å². The smallest absolute Gasteiger partial charge is 0.226 e. The molecule has 1 aliphatic carbocycles. The summed E-state index contributed by atoms with van der Waals surface area (Å²) in [5.74, 6) is -0.955. The first-order valence-corrected chi connectivity index (χ1v) is 6.01. The van der Waals surface area contributed by atoms with Crippen molar-refractivity contribution in [2.45, 2.75) is 41.0 Å². The minimum absolute atomic E-state index is 0.259. The van der Waals surface area contributed by atoms with E-state index in [-0.39, 0.29) is 12.8 Å². The van der Waals surface area contributed by atoms with Crippen LogP contribution in [0.1, 0.15) is 25.7 Å². The maximum atomic E-state index is 13.8. The third-order valence-corrected chi connectivity index (χ3v) is 5.40. The zero-order chi connectivity index (χ0) is 11.9. The van der Waals surface area contributed by atoms with Gasteiger partial charge in [0.1, 0.15) is 0 Å². The van der Waals surface area contributed by atoms with Gasteiger partial charge in [0.25, 0.3) is 0 Å². The second-order valence-corrected chi connectivity index (χ2v) is 5.92. The number of rotatable bonds is 2. The molecule has 0 nitrogen and oxygen atoms in total. The van der Waals surface area contributed by atoms with Crippen molar-refractivity contribution in [3.05, 3.63) is 0 Å².